The van der Waals surface area contributed by atoms with Gasteiger partial charge in [0.25, 0.3) is 5.97 Å². The molecule has 1 aliphatic heterocycles. The van der Waals surface area contributed by atoms with Crippen molar-refractivity contribution < 1.29 is 19.7 Å². The summed E-state index contributed by atoms with van der Waals surface area (Å²) < 4.78 is 5.06. The van der Waals surface area contributed by atoms with E-state index in [1.807, 2.05) is 0 Å². The third-order valence-corrected chi connectivity index (χ3v) is 1.44. The van der Waals surface area contributed by atoms with Gasteiger partial charge in [-0.25, -0.2) is 0 Å². The maximum absolute atomic E-state index is 9.00. The Morgan fingerprint density at radius 3 is 2.25 bits per heavy atom. The summed E-state index contributed by atoms with van der Waals surface area (Å²) in [5, 5.41) is 15.9. The van der Waals surface area contributed by atoms with E-state index in [-0.39, 0.29) is 12.7 Å². The first-order valence-electron chi connectivity index (χ1n) is 4.07. The summed E-state index contributed by atoms with van der Waals surface area (Å²) in [6, 6.07) is 0. The van der Waals surface area contributed by atoms with Gasteiger partial charge >= 0.3 is 0 Å². The lowest BCUT2D eigenvalue weighted by Gasteiger charge is -1.84. The fourth-order valence-corrected chi connectivity index (χ4v) is 0.878. The molecule has 0 radical (unpaired) electrons. The predicted molar refractivity (Wildman–Crippen MR) is 44.0 cm³/mol. The number of epoxide rings is 1. The van der Waals surface area contributed by atoms with E-state index in [0.29, 0.717) is 6.10 Å². The molecule has 12 heavy (non-hydrogen) atoms. The second-order valence-electron chi connectivity index (χ2n) is 2.70. The molecule has 0 aromatic heterocycles. The van der Waals surface area contributed by atoms with Gasteiger partial charge in [-0.05, 0) is 6.42 Å². The highest BCUT2D eigenvalue weighted by Gasteiger charge is 2.36. The molecule has 0 spiro atoms. The molecule has 4 heteroatoms. The number of rotatable bonds is 3. The summed E-state index contributed by atoms with van der Waals surface area (Å²) in [5.41, 5.74) is 0. The number of ether oxygens (including phenoxy) is 1. The number of aliphatic hydroxyl groups is 1. The summed E-state index contributed by atoms with van der Waals surface area (Å²) in [6.45, 7) is 3.40. The quantitative estimate of drug-likeness (QED) is 0.619. The van der Waals surface area contributed by atoms with E-state index in [0.717, 1.165) is 19.8 Å². The monoisotopic (exact) mass is 176 g/mol. The lowest BCUT2D eigenvalue weighted by Crippen LogP contribution is -1.97. The first-order chi connectivity index (χ1) is 5.61. The van der Waals surface area contributed by atoms with Crippen LogP contribution in [0.25, 0.3) is 0 Å². The molecular formula is C8H16O4. The molecule has 2 N–H and O–H groups in total. The molecule has 0 amide bonds. The van der Waals surface area contributed by atoms with Crippen LogP contribution in [0.1, 0.15) is 26.7 Å². The Labute approximate surface area is 72.2 Å². The van der Waals surface area contributed by atoms with E-state index in [1.54, 1.807) is 0 Å². The zero-order chi connectivity index (χ0) is 9.56. The lowest BCUT2D eigenvalue weighted by atomic mass is 10.2. The Kier molecular flexibility index (Phi) is 5.66. The normalized spacial score (nSPS) is 25.6. The van der Waals surface area contributed by atoms with Crippen LogP contribution < -0.4 is 0 Å². The molecule has 1 heterocycles. The highest BCUT2D eigenvalue weighted by molar-refractivity contribution is 5.62. The van der Waals surface area contributed by atoms with Gasteiger partial charge in [-0.2, -0.15) is 0 Å². The number of hydrogen-bond acceptors (Lipinski definition) is 3. The largest absolute Gasteiger partial charge is 0.481 e. The van der Waals surface area contributed by atoms with Crippen LogP contribution in [0.2, 0.25) is 0 Å². The number of hydrogen-bond donors (Lipinski definition) is 2. The Bertz CT molecular complexity index is 131. The maximum atomic E-state index is 9.00. The molecule has 1 rings (SSSR count). The lowest BCUT2D eigenvalue weighted by molar-refractivity contribution is -0.134. The minimum atomic E-state index is -0.833. The van der Waals surface area contributed by atoms with Crippen LogP contribution in [0.15, 0.2) is 0 Å². The molecule has 0 aliphatic carbocycles. The van der Waals surface area contributed by atoms with Gasteiger partial charge in [0.2, 0.25) is 0 Å². The minimum absolute atomic E-state index is 0.176. The van der Waals surface area contributed by atoms with Crippen molar-refractivity contribution in [2.24, 2.45) is 0 Å². The van der Waals surface area contributed by atoms with E-state index in [9.17, 15) is 0 Å². The predicted octanol–water partition coefficient (Wildman–Crippen LogP) is 0.637. The van der Waals surface area contributed by atoms with Gasteiger partial charge in [0.1, 0.15) is 6.10 Å². The van der Waals surface area contributed by atoms with Crippen molar-refractivity contribution in [3.05, 3.63) is 0 Å². The van der Waals surface area contributed by atoms with Crippen LogP contribution in [0.3, 0.4) is 0 Å². The number of aliphatic carboxylic acids is 1. The highest BCUT2D eigenvalue weighted by Crippen LogP contribution is 2.25. The van der Waals surface area contributed by atoms with Crippen molar-refractivity contribution in [1.82, 2.24) is 0 Å². The fraction of sp³-hybridized carbons (Fsp3) is 0.875. The second kappa shape index (κ2) is 5.97. The van der Waals surface area contributed by atoms with Crippen molar-refractivity contribution >= 4 is 5.97 Å². The first-order valence-corrected chi connectivity index (χ1v) is 4.07. The van der Waals surface area contributed by atoms with Crippen molar-refractivity contribution in [1.29, 1.82) is 0 Å². The first kappa shape index (κ1) is 11.4. The average Bonchev–Trinajstić information content (AvgIpc) is 2.67. The molecule has 0 aromatic carbocycles. The third kappa shape index (κ3) is 6.12. The van der Waals surface area contributed by atoms with Gasteiger partial charge in [-0.3, -0.25) is 4.79 Å². The number of aliphatic hydroxyl groups excluding tert-OH is 1. The Balaban J connectivity index is 0.000000261. The van der Waals surface area contributed by atoms with Crippen molar-refractivity contribution in [2.75, 3.05) is 6.61 Å². The number of carboxylic acids is 1. The van der Waals surface area contributed by atoms with E-state index in [2.05, 4.69) is 6.92 Å². The third-order valence-electron chi connectivity index (χ3n) is 1.44. The Morgan fingerprint density at radius 1 is 1.50 bits per heavy atom. The van der Waals surface area contributed by atoms with E-state index in [1.165, 1.54) is 0 Å². The molecule has 2 atom stereocenters. The molecule has 2 unspecified atom stereocenters. The van der Waals surface area contributed by atoms with Gasteiger partial charge in [-0.1, -0.05) is 13.3 Å². The summed E-state index contributed by atoms with van der Waals surface area (Å²) in [4.78, 5) is 9.00. The zero-order valence-electron chi connectivity index (χ0n) is 7.49. The Hall–Kier alpha value is -0.610. The molecule has 1 aliphatic rings. The van der Waals surface area contributed by atoms with Gasteiger partial charge < -0.3 is 14.9 Å². The van der Waals surface area contributed by atoms with Crippen molar-refractivity contribution in [2.45, 2.75) is 38.9 Å². The van der Waals surface area contributed by atoms with E-state index >= 15 is 0 Å². The van der Waals surface area contributed by atoms with Crippen LogP contribution in [0, 0.1) is 0 Å². The van der Waals surface area contributed by atoms with Crippen LogP contribution in [0.4, 0.5) is 0 Å². The minimum Gasteiger partial charge on any atom is -0.481 e. The molecule has 1 fully saturated rings. The maximum Gasteiger partial charge on any atom is 0.300 e. The van der Waals surface area contributed by atoms with E-state index < -0.39 is 5.97 Å². The summed E-state index contributed by atoms with van der Waals surface area (Å²) in [5.74, 6) is -0.833. The van der Waals surface area contributed by atoms with E-state index in [4.69, 9.17) is 19.7 Å². The summed E-state index contributed by atoms with van der Waals surface area (Å²) in [6.07, 6.45) is 2.81. The summed E-state index contributed by atoms with van der Waals surface area (Å²) in [7, 11) is 0. The van der Waals surface area contributed by atoms with Crippen LogP contribution in [0.5, 0.6) is 0 Å². The van der Waals surface area contributed by atoms with Crippen LogP contribution in [-0.4, -0.2) is 35.0 Å². The molecule has 4 nitrogen and oxygen atoms in total. The molecule has 0 saturated carbocycles. The molecule has 0 aromatic rings. The molecule has 72 valence electrons. The molecular weight excluding hydrogens is 160 g/mol. The summed E-state index contributed by atoms with van der Waals surface area (Å²) >= 11 is 0. The molecule has 1 saturated heterocycles. The standard InChI is InChI=1S/C6H12O2.C2H4O2/c1-2-3-5-6(4-7)8-5;1-2(3)4/h5-7H,2-4H2,1H3;1H3,(H,3,4). The topological polar surface area (TPSA) is 70.1 Å². The van der Waals surface area contributed by atoms with Gasteiger partial charge in [0.15, 0.2) is 0 Å². The van der Waals surface area contributed by atoms with Crippen molar-refractivity contribution in [3.63, 3.8) is 0 Å². The van der Waals surface area contributed by atoms with Crippen LogP contribution >= 0.6 is 0 Å². The zero-order valence-corrected chi connectivity index (χ0v) is 7.49. The highest BCUT2D eigenvalue weighted by atomic mass is 16.6. The Morgan fingerprint density at radius 2 is 2.00 bits per heavy atom. The average molecular weight is 176 g/mol. The van der Waals surface area contributed by atoms with Gasteiger partial charge in [-0.15, -0.1) is 0 Å². The second-order valence-corrected chi connectivity index (χ2v) is 2.70. The fourth-order valence-electron chi connectivity index (χ4n) is 0.878. The number of carbonyl (C=O) groups is 1. The van der Waals surface area contributed by atoms with Crippen molar-refractivity contribution in [3.8, 4) is 0 Å². The van der Waals surface area contributed by atoms with Gasteiger partial charge in [0.05, 0.1) is 12.7 Å². The number of carboxylic acid groups (broad SMARTS) is 1. The van der Waals surface area contributed by atoms with Crippen LogP contribution in [-0.2, 0) is 9.53 Å². The molecule has 0 bridgehead atoms. The smallest absolute Gasteiger partial charge is 0.300 e. The SMILES string of the molecule is CC(=O)O.CCCC1OC1CO. The van der Waals surface area contributed by atoms with Gasteiger partial charge in [0, 0.05) is 6.92 Å².